The van der Waals surface area contributed by atoms with Crippen LogP contribution in [0.2, 0.25) is 10.0 Å². The predicted octanol–water partition coefficient (Wildman–Crippen LogP) is 7.51. The van der Waals surface area contributed by atoms with E-state index in [9.17, 15) is 27.2 Å². The van der Waals surface area contributed by atoms with Crippen molar-refractivity contribution >= 4 is 52.2 Å². The Morgan fingerprint density at radius 1 is 1.03 bits per heavy atom. The molecule has 1 N–H and O–H groups in total. The lowest BCUT2D eigenvalue weighted by Gasteiger charge is -2.29. The van der Waals surface area contributed by atoms with E-state index in [1.54, 1.807) is 0 Å². The number of amides is 3. The number of rotatable bonds is 5. The molecule has 6 nitrogen and oxygen atoms in total. The zero-order chi connectivity index (χ0) is 28.0. The fraction of sp³-hybridized carbons (Fsp3) is 0.192. The Morgan fingerprint density at radius 3 is 2.29 bits per heavy atom. The zero-order valence-corrected chi connectivity index (χ0v) is 21.3. The third-order valence-electron chi connectivity index (χ3n) is 6.11. The summed E-state index contributed by atoms with van der Waals surface area (Å²) >= 11 is 12.6. The van der Waals surface area contributed by atoms with Gasteiger partial charge in [0.05, 0.1) is 29.4 Å². The van der Waals surface area contributed by atoms with E-state index in [2.05, 4.69) is 5.32 Å². The number of nitrogens with one attached hydrogen (secondary N) is 1. The summed E-state index contributed by atoms with van der Waals surface area (Å²) in [5, 5.41) is 12.6. The van der Waals surface area contributed by atoms with E-state index in [1.165, 1.54) is 61.2 Å². The number of halogens is 6. The minimum atomic E-state index is -4.88. The molecule has 3 aromatic carbocycles. The molecule has 0 saturated carbocycles. The van der Waals surface area contributed by atoms with Crippen molar-refractivity contribution in [1.29, 1.82) is 5.26 Å². The molecular formula is C26H18Cl2F4N4O2. The highest BCUT2D eigenvalue weighted by Crippen LogP contribution is 2.40. The lowest BCUT2D eigenvalue weighted by molar-refractivity contribution is -0.137. The van der Waals surface area contributed by atoms with Crippen molar-refractivity contribution in [3.63, 3.8) is 0 Å². The van der Waals surface area contributed by atoms with Gasteiger partial charge in [-0.25, -0.2) is 14.1 Å². The van der Waals surface area contributed by atoms with Crippen molar-refractivity contribution < 1.29 is 27.2 Å². The third-order valence-corrected chi connectivity index (χ3v) is 6.67. The number of alkyl halides is 3. The first-order chi connectivity index (χ1) is 17.7. The van der Waals surface area contributed by atoms with Gasteiger partial charge < -0.3 is 10.2 Å². The smallest absolute Gasteiger partial charge is 0.355 e. The molecule has 0 bridgehead atoms. The first-order valence-electron chi connectivity index (χ1n) is 11.0. The second kappa shape index (κ2) is 9.82. The topological polar surface area (TPSA) is 76.4 Å². The SMILES string of the molecule is CC1(C)C(=O)N(c2ccc(C#N)c(C(F)(F)F)c2)C(=O)N1Cc1c(Cl)cc(Cl)cc1Nc1ccc(F)cc1. The summed E-state index contributed by atoms with van der Waals surface area (Å²) in [5.41, 5.74) is -2.46. The third kappa shape index (κ3) is 4.99. The number of anilines is 3. The van der Waals surface area contributed by atoms with Crippen molar-refractivity contribution in [2.75, 3.05) is 10.2 Å². The minimum absolute atomic E-state index is 0.161. The van der Waals surface area contributed by atoms with Crippen LogP contribution in [0.15, 0.2) is 54.6 Å². The van der Waals surface area contributed by atoms with Gasteiger partial charge in [-0.15, -0.1) is 0 Å². The molecule has 1 aliphatic rings. The molecule has 38 heavy (non-hydrogen) atoms. The molecule has 3 amide bonds. The predicted molar refractivity (Wildman–Crippen MR) is 135 cm³/mol. The molecule has 0 aromatic heterocycles. The molecule has 0 atom stereocenters. The summed E-state index contributed by atoms with van der Waals surface area (Å²) in [5.74, 6) is -1.21. The summed E-state index contributed by atoms with van der Waals surface area (Å²) < 4.78 is 53.9. The van der Waals surface area contributed by atoms with Crippen LogP contribution in [0.4, 0.5) is 39.4 Å². The Morgan fingerprint density at radius 2 is 1.68 bits per heavy atom. The Labute approximate surface area is 225 Å². The molecule has 1 saturated heterocycles. The lowest BCUT2D eigenvalue weighted by Crippen LogP contribution is -2.43. The molecule has 196 valence electrons. The number of hydrogen-bond donors (Lipinski definition) is 1. The number of hydrogen-bond acceptors (Lipinski definition) is 4. The molecule has 4 rings (SSSR count). The van der Waals surface area contributed by atoms with E-state index < -0.39 is 40.6 Å². The van der Waals surface area contributed by atoms with Gasteiger partial charge in [-0.3, -0.25) is 4.79 Å². The van der Waals surface area contributed by atoms with Crippen LogP contribution < -0.4 is 10.2 Å². The van der Waals surface area contributed by atoms with Crippen molar-refractivity contribution in [3.05, 3.63) is 87.2 Å². The quantitative estimate of drug-likeness (QED) is 0.257. The van der Waals surface area contributed by atoms with E-state index in [1.807, 2.05) is 0 Å². The van der Waals surface area contributed by atoms with Crippen molar-refractivity contribution in [2.24, 2.45) is 0 Å². The van der Waals surface area contributed by atoms with Crippen LogP contribution in [0.25, 0.3) is 0 Å². The van der Waals surface area contributed by atoms with E-state index in [-0.39, 0.29) is 22.3 Å². The number of nitrogens with zero attached hydrogens (tertiary/aromatic N) is 3. The molecule has 0 spiro atoms. The molecule has 3 aromatic rings. The minimum Gasteiger partial charge on any atom is -0.355 e. The fourth-order valence-corrected chi connectivity index (χ4v) is 4.61. The summed E-state index contributed by atoms with van der Waals surface area (Å²) in [7, 11) is 0. The second-order valence-corrected chi connectivity index (χ2v) is 9.80. The highest BCUT2D eigenvalue weighted by Gasteiger charge is 2.52. The standard InChI is InChI=1S/C26H18Cl2F4N4O2/c1-25(2)23(37)36(18-8-3-14(12-33)20(11-18)26(30,31)32)24(38)35(25)13-19-21(28)9-15(27)10-22(19)34-17-6-4-16(29)5-7-17/h3-11,34H,13H2,1-2H3. The Kier molecular flexibility index (Phi) is 7.03. The molecule has 12 heteroatoms. The summed E-state index contributed by atoms with van der Waals surface area (Å²) in [6, 6.07) is 11.6. The van der Waals surface area contributed by atoms with Gasteiger partial charge in [0.1, 0.15) is 11.4 Å². The molecule has 1 heterocycles. The first kappa shape index (κ1) is 27.2. The van der Waals surface area contributed by atoms with Gasteiger partial charge >= 0.3 is 12.2 Å². The average molecular weight is 565 g/mol. The van der Waals surface area contributed by atoms with Crippen LogP contribution in [-0.4, -0.2) is 22.4 Å². The second-order valence-electron chi connectivity index (χ2n) is 8.95. The van der Waals surface area contributed by atoms with Crippen LogP contribution in [0.1, 0.15) is 30.5 Å². The van der Waals surface area contributed by atoms with Gasteiger partial charge in [-0.2, -0.15) is 18.4 Å². The number of benzene rings is 3. The number of carbonyl (C=O) groups is 2. The Balaban J connectivity index is 1.73. The largest absolute Gasteiger partial charge is 0.417 e. The van der Waals surface area contributed by atoms with Crippen LogP contribution in [0.3, 0.4) is 0 Å². The van der Waals surface area contributed by atoms with E-state index >= 15 is 0 Å². The van der Waals surface area contributed by atoms with Gasteiger partial charge in [-0.1, -0.05) is 23.2 Å². The Hall–Kier alpha value is -3.81. The molecule has 0 aliphatic carbocycles. The van der Waals surface area contributed by atoms with Crippen molar-refractivity contribution in [3.8, 4) is 6.07 Å². The maximum atomic E-state index is 13.5. The van der Waals surface area contributed by atoms with Gasteiger partial charge in [0.25, 0.3) is 5.91 Å². The summed E-state index contributed by atoms with van der Waals surface area (Å²) in [6.45, 7) is 2.70. The normalized spacial score (nSPS) is 15.1. The van der Waals surface area contributed by atoms with E-state index in [0.29, 0.717) is 27.9 Å². The number of nitriles is 1. The number of urea groups is 1. The van der Waals surface area contributed by atoms with Gasteiger partial charge in [0.15, 0.2) is 0 Å². The van der Waals surface area contributed by atoms with Gasteiger partial charge in [0, 0.05) is 27.0 Å². The summed E-state index contributed by atoms with van der Waals surface area (Å²) in [6.07, 6.45) is -4.88. The number of carbonyl (C=O) groups excluding carboxylic acids is 2. The maximum absolute atomic E-state index is 13.5. The van der Waals surface area contributed by atoms with Crippen LogP contribution in [-0.2, 0) is 17.5 Å². The first-order valence-corrected chi connectivity index (χ1v) is 11.8. The highest BCUT2D eigenvalue weighted by molar-refractivity contribution is 6.35. The van der Waals surface area contributed by atoms with Crippen molar-refractivity contribution in [1.82, 2.24) is 4.90 Å². The maximum Gasteiger partial charge on any atom is 0.417 e. The molecule has 0 radical (unpaired) electrons. The average Bonchev–Trinajstić information content (AvgIpc) is 3.00. The van der Waals surface area contributed by atoms with Crippen LogP contribution >= 0.6 is 23.2 Å². The number of imide groups is 1. The van der Waals surface area contributed by atoms with Crippen molar-refractivity contribution in [2.45, 2.75) is 32.1 Å². The highest BCUT2D eigenvalue weighted by atomic mass is 35.5. The Bertz CT molecular complexity index is 1480. The van der Waals surface area contributed by atoms with Gasteiger partial charge in [0.2, 0.25) is 0 Å². The molecule has 1 fully saturated rings. The van der Waals surface area contributed by atoms with E-state index in [4.69, 9.17) is 28.5 Å². The monoisotopic (exact) mass is 564 g/mol. The van der Waals surface area contributed by atoms with E-state index in [0.717, 1.165) is 12.1 Å². The van der Waals surface area contributed by atoms with Gasteiger partial charge in [-0.05, 0) is 68.4 Å². The molecular weight excluding hydrogens is 547 g/mol. The zero-order valence-electron chi connectivity index (χ0n) is 19.8. The lowest BCUT2D eigenvalue weighted by atomic mass is 10.0. The fourth-order valence-electron chi connectivity index (χ4n) is 4.05. The van der Waals surface area contributed by atoms with Crippen LogP contribution in [0, 0.1) is 17.1 Å². The molecule has 0 unspecified atom stereocenters. The summed E-state index contributed by atoms with van der Waals surface area (Å²) in [4.78, 5) is 28.6. The van der Waals surface area contributed by atoms with Crippen LogP contribution in [0.5, 0.6) is 0 Å². The molecule has 1 aliphatic heterocycles.